The van der Waals surface area contributed by atoms with Crippen LogP contribution in [0.15, 0.2) is 0 Å². The third-order valence-electron chi connectivity index (χ3n) is 5.01. The van der Waals surface area contributed by atoms with E-state index in [0.29, 0.717) is 17.4 Å². The highest BCUT2D eigenvalue weighted by atomic mass is 28.3. The molecule has 4 nitrogen and oxygen atoms in total. The van der Waals surface area contributed by atoms with Crippen molar-refractivity contribution in [2.24, 2.45) is 17.8 Å². The largest absolute Gasteiger partial charge is 0.443 e. The molecule has 1 saturated heterocycles. The summed E-state index contributed by atoms with van der Waals surface area (Å²) in [5.41, 5.74) is 0.169. The first-order chi connectivity index (χ1) is 9.02. The van der Waals surface area contributed by atoms with Gasteiger partial charge in [-0.2, -0.15) is 0 Å². The molecule has 112 valence electrons. The van der Waals surface area contributed by atoms with Gasteiger partial charge in [-0.25, -0.2) is 9.69 Å². The fourth-order valence-corrected chi connectivity index (χ4v) is 7.62. The Morgan fingerprint density at radius 3 is 2.35 bits per heavy atom. The van der Waals surface area contributed by atoms with Crippen molar-refractivity contribution in [1.29, 1.82) is 0 Å². The van der Waals surface area contributed by atoms with Crippen LogP contribution in [0.4, 0.5) is 4.79 Å². The highest BCUT2D eigenvalue weighted by molar-refractivity contribution is 6.78. The standard InChI is InChI=1S/C15H25NO3Si/c1-15(2,3)19-14(18)16-9-7-8(13(16)17)10-11(9)12(10)20(4,5)6/h8-12H,7H2,1-6H3/t8-,9+,10+,11-,12?/m0/s1. The Bertz CT molecular complexity index is 476. The van der Waals surface area contributed by atoms with Gasteiger partial charge in [-0.15, -0.1) is 0 Å². The number of fused-ring (bicyclic) bond motifs is 5. The Labute approximate surface area is 121 Å². The maximum Gasteiger partial charge on any atom is 0.417 e. The molecule has 0 radical (unpaired) electrons. The predicted octanol–water partition coefficient (Wildman–Crippen LogP) is 3.11. The van der Waals surface area contributed by atoms with Crippen molar-refractivity contribution in [3.05, 3.63) is 0 Å². The van der Waals surface area contributed by atoms with E-state index in [-0.39, 0.29) is 17.9 Å². The van der Waals surface area contributed by atoms with Crippen molar-refractivity contribution >= 4 is 20.1 Å². The molecule has 3 aliphatic rings. The molecule has 2 saturated carbocycles. The van der Waals surface area contributed by atoms with E-state index in [2.05, 4.69) is 19.6 Å². The summed E-state index contributed by atoms with van der Waals surface area (Å²) in [6, 6.07) is 0.115. The number of hydrogen-bond acceptors (Lipinski definition) is 3. The third kappa shape index (κ3) is 1.93. The Morgan fingerprint density at radius 1 is 1.25 bits per heavy atom. The first-order valence-electron chi connectivity index (χ1n) is 7.58. The molecule has 1 heterocycles. The van der Waals surface area contributed by atoms with Gasteiger partial charge in [-0.3, -0.25) is 4.79 Å². The predicted molar refractivity (Wildman–Crippen MR) is 79.1 cm³/mol. The zero-order valence-electron chi connectivity index (χ0n) is 13.3. The van der Waals surface area contributed by atoms with E-state index in [1.165, 1.54) is 4.90 Å². The first-order valence-corrected chi connectivity index (χ1v) is 11.2. The lowest BCUT2D eigenvalue weighted by molar-refractivity contribution is -0.133. The van der Waals surface area contributed by atoms with Crippen LogP contribution < -0.4 is 0 Å². The average molecular weight is 295 g/mol. The molecule has 0 aromatic heterocycles. The topological polar surface area (TPSA) is 46.6 Å². The number of hydrogen-bond donors (Lipinski definition) is 0. The molecule has 5 heteroatoms. The minimum absolute atomic E-state index is 0.0197. The van der Waals surface area contributed by atoms with Crippen LogP contribution in [0.1, 0.15) is 27.2 Å². The van der Waals surface area contributed by atoms with Crippen molar-refractivity contribution in [3.63, 3.8) is 0 Å². The lowest BCUT2D eigenvalue weighted by Crippen LogP contribution is -2.45. The van der Waals surface area contributed by atoms with Gasteiger partial charge in [-0.05, 0) is 44.6 Å². The number of rotatable bonds is 1. The van der Waals surface area contributed by atoms with Crippen LogP contribution in [0.5, 0.6) is 0 Å². The maximum absolute atomic E-state index is 12.4. The summed E-state index contributed by atoms with van der Waals surface area (Å²) in [5, 5.41) is 0. The zero-order chi connectivity index (χ0) is 15.0. The second-order valence-electron chi connectivity index (χ2n) is 8.64. The lowest BCUT2D eigenvalue weighted by atomic mass is 10.1. The molecule has 1 aliphatic heterocycles. The van der Waals surface area contributed by atoms with E-state index in [9.17, 15) is 9.59 Å². The molecule has 20 heavy (non-hydrogen) atoms. The smallest absolute Gasteiger partial charge is 0.417 e. The normalized spacial score (nSPS) is 39.0. The second kappa shape index (κ2) is 3.87. The summed E-state index contributed by atoms with van der Waals surface area (Å²) in [6.07, 6.45) is 0.434. The first kappa shape index (κ1) is 14.1. The Balaban J connectivity index is 1.78. The molecule has 2 amide bonds. The molecular formula is C15H25NO3Si. The van der Waals surface area contributed by atoms with E-state index < -0.39 is 19.8 Å². The number of carbonyl (C=O) groups excluding carboxylic acids is 2. The van der Waals surface area contributed by atoms with Crippen LogP contribution in [0.2, 0.25) is 25.2 Å². The van der Waals surface area contributed by atoms with Gasteiger partial charge in [-0.1, -0.05) is 19.6 Å². The molecule has 0 spiro atoms. The summed E-state index contributed by atoms with van der Waals surface area (Å²) in [6.45, 7) is 12.6. The quantitative estimate of drug-likeness (QED) is 0.698. The average Bonchev–Trinajstić information content (AvgIpc) is 2.77. The summed E-state index contributed by atoms with van der Waals surface area (Å²) in [7, 11) is -1.23. The van der Waals surface area contributed by atoms with Gasteiger partial charge < -0.3 is 4.74 Å². The monoisotopic (exact) mass is 295 g/mol. The van der Waals surface area contributed by atoms with Crippen molar-refractivity contribution < 1.29 is 14.3 Å². The van der Waals surface area contributed by atoms with Gasteiger partial charge in [0.15, 0.2) is 0 Å². The van der Waals surface area contributed by atoms with Crippen LogP contribution in [0, 0.1) is 17.8 Å². The van der Waals surface area contributed by atoms with Crippen LogP contribution in [0.25, 0.3) is 0 Å². The molecular weight excluding hydrogens is 270 g/mol. The molecule has 2 bridgehead atoms. The molecule has 2 aliphatic carbocycles. The molecule has 5 atom stereocenters. The summed E-state index contributed by atoms with van der Waals surface area (Å²) < 4.78 is 5.41. The summed E-state index contributed by atoms with van der Waals surface area (Å²) in [4.78, 5) is 26.2. The third-order valence-corrected chi connectivity index (χ3v) is 7.78. The minimum Gasteiger partial charge on any atom is -0.443 e. The van der Waals surface area contributed by atoms with Crippen molar-refractivity contribution in [1.82, 2.24) is 4.90 Å². The highest BCUT2D eigenvalue weighted by Gasteiger charge is 2.74. The van der Waals surface area contributed by atoms with Crippen LogP contribution in [-0.2, 0) is 9.53 Å². The van der Waals surface area contributed by atoms with E-state index in [1.54, 1.807) is 0 Å². The van der Waals surface area contributed by atoms with Crippen LogP contribution in [0.3, 0.4) is 0 Å². The Hall–Kier alpha value is -0.843. The summed E-state index contributed by atoms with van der Waals surface area (Å²) >= 11 is 0. The molecule has 0 aromatic carbocycles. The molecule has 3 rings (SSSR count). The van der Waals surface area contributed by atoms with E-state index >= 15 is 0 Å². The van der Waals surface area contributed by atoms with Crippen LogP contribution in [-0.4, -0.2) is 36.6 Å². The Morgan fingerprint density at radius 2 is 1.85 bits per heavy atom. The zero-order valence-corrected chi connectivity index (χ0v) is 14.3. The minimum atomic E-state index is -1.23. The van der Waals surface area contributed by atoms with Gasteiger partial charge >= 0.3 is 6.09 Å². The van der Waals surface area contributed by atoms with Gasteiger partial charge in [0.05, 0.1) is 0 Å². The molecule has 3 fully saturated rings. The SMILES string of the molecule is CC(C)(C)OC(=O)N1C(=O)[C@H]2C[C@@H]1[C@@H]1C([Si](C)(C)C)[C@@H]12. The maximum atomic E-state index is 12.4. The molecule has 0 N–H and O–H groups in total. The molecule has 1 unspecified atom stereocenters. The number of likely N-dealkylation sites (tertiary alicyclic amines) is 1. The number of nitrogens with zero attached hydrogens (tertiary/aromatic N) is 1. The number of ether oxygens (including phenoxy) is 1. The van der Waals surface area contributed by atoms with Crippen LogP contribution >= 0.6 is 0 Å². The highest BCUT2D eigenvalue weighted by Crippen LogP contribution is 2.72. The van der Waals surface area contributed by atoms with Gasteiger partial charge in [0.25, 0.3) is 0 Å². The van der Waals surface area contributed by atoms with E-state index in [4.69, 9.17) is 4.74 Å². The number of carbonyl (C=O) groups is 2. The van der Waals surface area contributed by atoms with Gasteiger partial charge in [0, 0.05) is 20.0 Å². The van der Waals surface area contributed by atoms with E-state index in [1.807, 2.05) is 20.8 Å². The fourth-order valence-electron chi connectivity index (χ4n) is 4.52. The summed E-state index contributed by atoms with van der Waals surface area (Å²) in [5.74, 6) is 1.25. The number of amides is 2. The lowest BCUT2D eigenvalue weighted by Gasteiger charge is -2.29. The van der Waals surface area contributed by atoms with Crippen molar-refractivity contribution in [2.75, 3.05) is 0 Å². The number of piperidine rings is 1. The molecule has 0 aromatic rings. The van der Waals surface area contributed by atoms with Gasteiger partial charge in [0.2, 0.25) is 5.91 Å². The van der Waals surface area contributed by atoms with E-state index in [0.717, 1.165) is 6.42 Å². The van der Waals surface area contributed by atoms with Gasteiger partial charge in [0.1, 0.15) is 5.60 Å². The fraction of sp³-hybridized carbons (Fsp3) is 0.867. The number of imide groups is 1. The Kier molecular flexibility index (Phi) is 2.73. The van der Waals surface area contributed by atoms with Crippen molar-refractivity contribution in [3.8, 4) is 0 Å². The second-order valence-corrected chi connectivity index (χ2v) is 14.0. The van der Waals surface area contributed by atoms with Crippen molar-refractivity contribution in [2.45, 2.75) is 64.0 Å².